The van der Waals surface area contributed by atoms with E-state index in [1.165, 1.54) is 0 Å². The zero-order valence-electron chi connectivity index (χ0n) is 23.8. The lowest BCUT2D eigenvalue weighted by Gasteiger charge is -2.17. The molecule has 1 amide bonds. The van der Waals surface area contributed by atoms with Gasteiger partial charge in [-0.1, -0.05) is 6.07 Å². The maximum atomic E-state index is 12.3. The SMILES string of the molecule is CCS(=O)(=O)N1CCC(Nc2c(Br)cnc3nc(-c4cc(C)n(-c5cccc(NC(=O)CN(C)C)c5)c4C)[nH]c23)C1. The molecule has 0 spiro atoms. The molecule has 4 aromatic rings. The average Bonchev–Trinajstić information content (AvgIpc) is 3.63. The number of pyridine rings is 1. The molecule has 0 radical (unpaired) electrons. The molecule has 1 unspecified atom stereocenters. The first kappa shape index (κ1) is 29.2. The van der Waals surface area contributed by atoms with Gasteiger partial charge in [-0.15, -0.1) is 0 Å². The zero-order chi connectivity index (χ0) is 29.5. The number of rotatable bonds is 9. The Kier molecular flexibility index (Phi) is 8.24. The number of nitrogens with zero attached hydrogens (tertiary/aromatic N) is 5. The van der Waals surface area contributed by atoms with Gasteiger partial charge in [-0.25, -0.2) is 18.4 Å². The first-order chi connectivity index (χ1) is 19.5. The molecule has 11 nitrogen and oxygen atoms in total. The van der Waals surface area contributed by atoms with Crippen LogP contribution in [0.2, 0.25) is 0 Å². The number of hydrogen-bond donors (Lipinski definition) is 3. The fourth-order valence-electron chi connectivity index (χ4n) is 5.30. The van der Waals surface area contributed by atoms with Gasteiger partial charge in [0.15, 0.2) is 5.65 Å². The molecule has 218 valence electrons. The zero-order valence-corrected chi connectivity index (χ0v) is 26.2. The molecule has 3 N–H and O–H groups in total. The van der Waals surface area contributed by atoms with Gasteiger partial charge in [-0.2, -0.15) is 4.31 Å². The predicted octanol–water partition coefficient (Wildman–Crippen LogP) is 4.13. The molecular formula is C28H35BrN8O3S. The van der Waals surface area contributed by atoms with E-state index in [1.54, 1.807) is 17.4 Å². The number of aromatic amines is 1. The van der Waals surface area contributed by atoms with Crippen LogP contribution in [0.4, 0.5) is 11.4 Å². The van der Waals surface area contributed by atoms with E-state index in [1.807, 2.05) is 57.1 Å². The number of fused-ring (bicyclic) bond motifs is 1. The lowest BCUT2D eigenvalue weighted by atomic mass is 10.2. The summed E-state index contributed by atoms with van der Waals surface area (Å²) in [5.41, 5.74) is 6.73. The van der Waals surface area contributed by atoms with E-state index in [9.17, 15) is 13.2 Å². The highest BCUT2D eigenvalue weighted by atomic mass is 79.9. The minimum absolute atomic E-state index is 0.0273. The number of H-pyrrole nitrogens is 1. The summed E-state index contributed by atoms with van der Waals surface area (Å²) in [4.78, 5) is 26.9. The molecule has 0 saturated carbocycles. The van der Waals surface area contributed by atoms with Gasteiger partial charge in [0, 0.05) is 53.7 Å². The summed E-state index contributed by atoms with van der Waals surface area (Å²) in [7, 11) is 0.491. The predicted molar refractivity (Wildman–Crippen MR) is 166 cm³/mol. The van der Waals surface area contributed by atoms with E-state index in [2.05, 4.69) is 47.2 Å². The highest BCUT2D eigenvalue weighted by Crippen LogP contribution is 2.35. The molecule has 1 aromatic carbocycles. The van der Waals surface area contributed by atoms with Gasteiger partial charge >= 0.3 is 0 Å². The number of likely N-dealkylation sites (N-methyl/N-ethyl adjacent to an activating group) is 1. The number of nitrogens with one attached hydrogen (secondary N) is 3. The number of amides is 1. The summed E-state index contributed by atoms with van der Waals surface area (Å²) in [6.45, 7) is 6.97. The Balaban J connectivity index is 1.44. The maximum Gasteiger partial charge on any atom is 0.238 e. The summed E-state index contributed by atoms with van der Waals surface area (Å²) >= 11 is 3.61. The molecule has 4 heterocycles. The number of sulfonamides is 1. The van der Waals surface area contributed by atoms with Crippen LogP contribution in [0.25, 0.3) is 28.2 Å². The lowest BCUT2D eigenvalue weighted by Crippen LogP contribution is -2.32. The van der Waals surface area contributed by atoms with Crippen molar-refractivity contribution in [3.63, 3.8) is 0 Å². The van der Waals surface area contributed by atoms with Crippen molar-refractivity contribution in [3.8, 4) is 17.1 Å². The fourth-order valence-corrected chi connectivity index (χ4v) is 6.87. The Bertz CT molecular complexity index is 1710. The topological polar surface area (TPSA) is 128 Å². The van der Waals surface area contributed by atoms with E-state index in [0.29, 0.717) is 37.5 Å². The van der Waals surface area contributed by atoms with Gasteiger partial charge in [0.25, 0.3) is 0 Å². The monoisotopic (exact) mass is 642 g/mol. The summed E-state index contributed by atoms with van der Waals surface area (Å²) in [6.07, 6.45) is 2.43. The fraction of sp³-hybridized carbons (Fsp3) is 0.393. The minimum atomic E-state index is -3.23. The second kappa shape index (κ2) is 11.6. The number of hydrogen-bond acceptors (Lipinski definition) is 7. The number of carbonyl (C=O) groups is 1. The van der Waals surface area contributed by atoms with Gasteiger partial charge < -0.3 is 25.1 Å². The summed E-state index contributed by atoms with van der Waals surface area (Å²) in [5.74, 6) is 0.710. The number of halogens is 1. The Morgan fingerprint density at radius 3 is 2.76 bits per heavy atom. The molecule has 13 heteroatoms. The third kappa shape index (κ3) is 6.03. The van der Waals surface area contributed by atoms with Crippen molar-refractivity contribution in [3.05, 3.63) is 52.4 Å². The van der Waals surface area contributed by atoms with Crippen LogP contribution in [-0.2, 0) is 14.8 Å². The largest absolute Gasteiger partial charge is 0.378 e. The molecule has 1 aliphatic heterocycles. The Labute approximate surface area is 248 Å². The molecular weight excluding hydrogens is 608 g/mol. The maximum absolute atomic E-state index is 12.3. The third-order valence-corrected chi connectivity index (χ3v) is 9.71. The van der Waals surface area contributed by atoms with Crippen molar-refractivity contribution >= 4 is 54.4 Å². The second-order valence-corrected chi connectivity index (χ2v) is 13.7. The van der Waals surface area contributed by atoms with Gasteiger partial charge in [0.1, 0.15) is 11.3 Å². The number of imidazole rings is 1. The Morgan fingerprint density at radius 1 is 1.24 bits per heavy atom. The van der Waals surface area contributed by atoms with E-state index in [-0.39, 0.29) is 17.7 Å². The molecule has 0 aliphatic carbocycles. The standard InChI is InChI=1S/C28H35BrN8O3S/c1-6-41(39,40)36-11-10-20(15-36)32-25-23(29)14-30-28-26(25)33-27(34-28)22-12-17(2)37(18(22)3)21-9-7-8-19(13-21)31-24(38)16-35(4)5/h7-9,12-14,20H,6,10-11,15-16H2,1-5H3,(H,31,38)(H2,30,32,33,34). The Hall–Kier alpha value is -3.26. The van der Waals surface area contributed by atoms with Crippen LogP contribution < -0.4 is 10.6 Å². The lowest BCUT2D eigenvalue weighted by molar-refractivity contribution is -0.116. The van der Waals surface area contributed by atoms with E-state index < -0.39 is 10.0 Å². The molecule has 1 atom stereocenters. The van der Waals surface area contributed by atoms with Crippen LogP contribution in [0.5, 0.6) is 0 Å². The van der Waals surface area contributed by atoms with Crippen LogP contribution in [0.3, 0.4) is 0 Å². The van der Waals surface area contributed by atoms with Crippen LogP contribution in [0.15, 0.2) is 41.0 Å². The van der Waals surface area contributed by atoms with Crippen molar-refractivity contribution in [2.24, 2.45) is 0 Å². The molecule has 1 aliphatic rings. The number of carbonyl (C=O) groups excluding carboxylic acids is 1. The Morgan fingerprint density at radius 2 is 2.02 bits per heavy atom. The highest BCUT2D eigenvalue weighted by Gasteiger charge is 2.31. The third-order valence-electron chi connectivity index (χ3n) is 7.27. The normalized spacial score (nSPS) is 16.1. The van der Waals surface area contributed by atoms with Gasteiger partial charge in [-0.05, 0) is 81.5 Å². The van der Waals surface area contributed by atoms with Crippen LogP contribution in [-0.4, -0.2) is 88.6 Å². The molecule has 3 aromatic heterocycles. The molecule has 1 fully saturated rings. The second-order valence-electron chi connectivity index (χ2n) is 10.6. The molecule has 0 bridgehead atoms. The summed E-state index contributed by atoms with van der Waals surface area (Å²) in [5, 5.41) is 6.49. The summed E-state index contributed by atoms with van der Waals surface area (Å²) in [6, 6.07) is 9.83. The van der Waals surface area contributed by atoms with Crippen LogP contribution >= 0.6 is 15.9 Å². The summed E-state index contributed by atoms with van der Waals surface area (Å²) < 4.78 is 29.1. The van der Waals surface area contributed by atoms with Crippen LogP contribution in [0, 0.1) is 13.8 Å². The van der Waals surface area contributed by atoms with Crippen molar-refractivity contribution in [1.82, 2.24) is 28.7 Å². The van der Waals surface area contributed by atoms with Gasteiger partial charge in [0.2, 0.25) is 15.9 Å². The van der Waals surface area contributed by atoms with Crippen molar-refractivity contribution < 1.29 is 13.2 Å². The number of anilines is 2. The first-order valence-electron chi connectivity index (χ1n) is 13.5. The minimum Gasteiger partial charge on any atom is -0.378 e. The first-order valence-corrected chi connectivity index (χ1v) is 15.9. The number of aryl methyl sites for hydroxylation is 1. The van der Waals surface area contributed by atoms with Crippen molar-refractivity contribution in [2.45, 2.75) is 33.2 Å². The van der Waals surface area contributed by atoms with E-state index in [4.69, 9.17) is 4.98 Å². The quantitative estimate of drug-likeness (QED) is 0.250. The van der Waals surface area contributed by atoms with Crippen molar-refractivity contribution in [1.29, 1.82) is 0 Å². The van der Waals surface area contributed by atoms with Crippen LogP contribution in [0.1, 0.15) is 24.7 Å². The van der Waals surface area contributed by atoms with Gasteiger partial charge in [-0.3, -0.25) is 4.79 Å². The number of aromatic nitrogens is 4. The molecule has 5 rings (SSSR count). The van der Waals surface area contributed by atoms with Crippen molar-refractivity contribution in [2.75, 3.05) is 50.1 Å². The smallest absolute Gasteiger partial charge is 0.238 e. The van der Waals surface area contributed by atoms with Gasteiger partial charge in [0.05, 0.1) is 22.5 Å². The molecule has 1 saturated heterocycles. The number of benzene rings is 1. The average molecular weight is 644 g/mol. The van der Waals surface area contributed by atoms with E-state index >= 15 is 0 Å². The highest BCUT2D eigenvalue weighted by molar-refractivity contribution is 9.10. The molecule has 41 heavy (non-hydrogen) atoms. The van der Waals surface area contributed by atoms with E-state index in [0.717, 1.165) is 44.0 Å².